The third-order valence-electron chi connectivity index (χ3n) is 0.762. The molecule has 0 bridgehead atoms. The van der Waals surface area contributed by atoms with Gasteiger partial charge in [-0.2, -0.15) is 0 Å². The van der Waals surface area contributed by atoms with Crippen LogP contribution in [0.3, 0.4) is 0 Å². The van der Waals surface area contributed by atoms with Gasteiger partial charge < -0.3 is 0 Å². The minimum absolute atomic E-state index is 0.285. The first-order valence-electron chi connectivity index (χ1n) is 5.17. The van der Waals surface area contributed by atoms with E-state index in [0.29, 0.717) is 5.41 Å². The lowest BCUT2D eigenvalue weighted by atomic mass is 10.0. The summed E-state index contributed by atoms with van der Waals surface area (Å²) >= 11 is 0. The van der Waals surface area contributed by atoms with Crippen LogP contribution in [0.1, 0.15) is 56.3 Å². The zero-order valence-electron chi connectivity index (χ0n) is 10.9. The largest absolute Gasteiger partial charge is 0.0917 e. The predicted octanol–water partition coefficient (Wildman–Crippen LogP) is 4.66. The van der Waals surface area contributed by atoms with Crippen LogP contribution in [0.15, 0.2) is 12.2 Å². The number of allylic oxidation sites excluding steroid dienone is 2. The Labute approximate surface area is 80.5 Å². The molecule has 0 aliphatic carbocycles. The molecule has 0 aromatic carbocycles. The van der Waals surface area contributed by atoms with Crippen molar-refractivity contribution in [3.8, 4) is 0 Å². The maximum absolute atomic E-state index is 7.38. The SMILES string of the molecule is CC(C)(C)C.[2H]C(C)(C)CC=CC. The van der Waals surface area contributed by atoms with Gasteiger partial charge in [-0.15, -0.1) is 0 Å². The van der Waals surface area contributed by atoms with Gasteiger partial charge in [0.1, 0.15) is 0 Å². The lowest BCUT2D eigenvalue weighted by Crippen LogP contribution is -1.93. The van der Waals surface area contributed by atoms with E-state index in [1.165, 1.54) is 0 Å². The summed E-state index contributed by atoms with van der Waals surface area (Å²) in [6.07, 6.45) is 4.85. The third-order valence-corrected chi connectivity index (χ3v) is 0.762. The minimum Gasteiger partial charge on any atom is -0.0917 e. The van der Waals surface area contributed by atoms with Crippen molar-refractivity contribution in [2.75, 3.05) is 0 Å². The van der Waals surface area contributed by atoms with Gasteiger partial charge in [0.25, 0.3) is 0 Å². The summed E-state index contributed by atoms with van der Waals surface area (Å²) in [6, 6.07) is 0. The Kier molecular flexibility index (Phi) is 7.23. The molecule has 0 radical (unpaired) electrons. The fourth-order valence-corrected chi connectivity index (χ4v) is 0.354. The van der Waals surface area contributed by atoms with Crippen molar-refractivity contribution in [1.29, 1.82) is 0 Å². The summed E-state index contributed by atoms with van der Waals surface area (Å²) in [7, 11) is 0. The first-order chi connectivity index (χ1) is 5.56. The van der Waals surface area contributed by atoms with Gasteiger partial charge in [0.15, 0.2) is 0 Å². The van der Waals surface area contributed by atoms with Crippen LogP contribution in [0, 0.1) is 11.3 Å². The molecule has 74 valence electrons. The average Bonchev–Trinajstić information content (AvgIpc) is 1.77. The lowest BCUT2D eigenvalue weighted by Gasteiger charge is -2.05. The molecule has 0 rings (SSSR count). The molecule has 12 heavy (non-hydrogen) atoms. The topological polar surface area (TPSA) is 0 Å². The van der Waals surface area contributed by atoms with E-state index >= 15 is 0 Å². The van der Waals surface area contributed by atoms with Gasteiger partial charge >= 0.3 is 0 Å². The van der Waals surface area contributed by atoms with Gasteiger partial charge in [-0.3, -0.25) is 0 Å². The molecule has 0 amide bonds. The molecule has 0 atom stereocenters. The second-order valence-electron chi connectivity index (χ2n) is 4.98. The molecule has 0 aromatic heterocycles. The van der Waals surface area contributed by atoms with Gasteiger partial charge in [0.05, 0.1) is 0 Å². The quantitative estimate of drug-likeness (QED) is 0.530. The Balaban J connectivity index is 0. The summed E-state index contributed by atoms with van der Waals surface area (Å²) < 4.78 is 7.38. The predicted molar refractivity (Wildman–Crippen MR) is 59.4 cm³/mol. The maximum Gasteiger partial charge on any atom is 0.0300 e. The summed E-state index contributed by atoms with van der Waals surface area (Å²) in [5.74, 6) is -0.285. The molecule has 0 fully saturated rings. The first-order valence-corrected chi connectivity index (χ1v) is 4.67. The smallest absolute Gasteiger partial charge is 0.0300 e. The van der Waals surface area contributed by atoms with Crippen LogP contribution in [-0.4, -0.2) is 0 Å². The molecule has 0 saturated heterocycles. The molecule has 0 aliphatic heterocycles. The first kappa shape index (κ1) is 11.7. The number of rotatable bonds is 2. The fraction of sp³-hybridized carbons (Fsp3) is 0.833. The fourth-order valence-electron chi connectivity index (χ4n) is 0.354. The van der Waals surface area contributed by atoms with E-state index in [2.05, 4.69) is 27.7 Å². The Hall–Kier alpha value is -0.260. The molecule has 0 aromatic rings. The highest BCUT2D eigenvalue weighted by Gasteiger charge is 1.95. The summed E-state index contributed by atoms with van der Waals surface area (Å²) in [5, 5.41) is 0. The molecule has 0 heterocycles. The zero-order chi connectivity index (χ0) is 11.1. The Morgan fingerprint density at radius 1 is 1.25 bits per heavy atom. The van der Waals surface area contributed by atoms with Crippen LogP contribution in [0.5, 0.6) is 0 Å². The van der Waals surface area contributed by atoms with E-state index in [4.69, 9.17) is 1.37 Å². The van der Waals surface area contributed by atoms with Crippen LogP contribution in [0.4, 0.5) is 0 Å². The van der Waals surface area contributed by atoms with Crippen molar-refractivity contribution in [3.05, 3.63) is 12.2 Å². The van der Waals surface area contributed by atoms with Crippen LogP contribution in [0.2, 0.25) is 0 Å². The normalized spacial score (nSPS) is 13.8. The molecule has 0 N–H and O–H groups in total. The summed E-state index contributed by atoms with van der Waals surface area (Å²) in [5.41, 5.74) is 0.500. The molecule has 0 heteroatoms. The Bertz CT molecular complexity index is 126. The third kappa shape index (κ3) is 53.2. The van der Waals surface area contributed by atoms with Crippen molar-refractivity contribution in [2.45, 2.75) is 54.9 Å². The van der Waals surface area contributed by atoms with Gasteiger partial charge in [0.2, 0.25) is 0 Å². The lowest BCUT2D eigenvalue weighted by molar-refractivity contribution is 0.469. The molecule has 0 nitrogen and oxygen atoms in total. The Morgan fingerprint density at radius 3 is 1.67 bits per heavy atom. The van der Waals surface area contributed by atoms with Gasteiger partial charge in [-0.05, 0) is 24.7 Å². The second kappa shape index (κ2) is 7.39. The minimum atomic E-state index is -0.285. The highest BCUT2D eigenvalue weighted by molar-refractivity contribution is 4.77. The van der Waals surface area contributed by atoms with E-state index in [-0.39, 0.29) is 5.89 Å². The van der Waals surface area contributed by atoms with Crippen molar-refractivity contribution in [1.82, 2.24) is 0 Å². The van der Waals surface area contributed by atoms with E-state index in [1.54, 1.807) is 0 Å². The van der Waals surface area contributed by atoms with Crippen molar-refractivity contribution >= 4 is 0 Å². The van der Waals surface area contributed by atoms with Gasteiger partial charge in [-0.1, -0.05) is 53.7 Å². The standard InChI is InChI=1S/C7H14.C5H12/c1-4-5-6-7(2)3;1-5(2,3)4/h4-5,7H,6H2,1-3H3;1-4H3/i7D;. The zero-order valence-corrected chi connectivity index (χ0v) is 9.86. The average molecular weight is 171 g/mol. The van der Waals surface area contributed by atoms with E-state index in [0.717, 1.165) is 6.42 Å². The van der Waals surface area contributed by atoms with E-state index in [9.17, 15) is 0 Å². The highest BCUT2D eigenvalue weighted by atomic mass is 14.0. The van der Waals surface area contributed by atoms with Crippen molar-refractivity contribution in [3.63, 3.8) is 0 Å². The van der Waals surface area contributed by atoms with Gasteiger partial charge in [-0.25, -0.2) is 0 Å². The van der Waals surface area contributed by atoms with E-state index < -0.39 is 0 Å². The molecular formula is C12H26. The molecule has 0 saturated carbocycles. The maximum atomic E-state index is 7.38. The Morgan fingerprint density at radius 2 is 1.58 bits per heavy atom. The van der Waals surface area contributed by atoms with E-state index in [1.807, 2.05) is 32.9 Å². The number of hydrogen-bond donors (Lipinski definition) is 0. The van der Waals surface area contributed by atoms with Crippen LogP contribution in [-0.2, 0) is 0 Å². The van der Waals surface area contributed by atoms with Crippen molar-refractivity contribution < 1.29 is 1.37 Å². The summed E-state index contributed by atoms with van der Waals surface area (Å²) in [6.45, 7) is 14.5. The number of hydrogen-bond acceptors (Lipinski definition) is 0. The highest BCUT2D eigenvalue weighted by Crippen LogP contribution is 2.08. The van der Waals surface area contributed by atoms with Crippen LogP contribution in [0.25, 0.3) is 0 Å². The molecule has 0 unspecified atom stereocenters. The van der Waals surface area contributed by atoms with Crippen LogP contribution >= 0.6 is 0 Å². The monoisotopic (exact) mass is 171 g/mol. The van der Waals surface area contributed by atoms with Crippen molar-refractivity contribution in [2.24, 2.45) is 11.3 Å². The molecule has 0 spiro atoms. The van der Waals surface area contributed by atoms with Gasteiger partial charge in [0, 0.05) is 1.37 Å². The molecule has 0 aliphatic rings. The van der Waals surface area contributed by atoms with Crippen LogP contribution < -0.4 is 0 Å². The summed E-state index contributed by atoms with van der Waals surface area (Å²) in [4.78, 5) is 0. The second-order valence-corrected chi connectivity index (χ2v) is 4.98. The molecular weight excluding hydrogens is 144 g/mol.